The van der Waals surface area contributed by atoms with Crippen LogP contribution in [0.3, 0.4) is 0 Å². The predicted octanol–water partition coefficient (Wildman–Crippen LogP) is 7.37. The molecule has 4 rings (SSSR count). The molecule has 0 heterocycles. The Bertz CT molecular complexity index is 670. The second-order valence-corrected chi connectivity index (χ2v) is 11.7. The third kappa shape index (κ3) is 3.25. The van der Waals surface area contributed by atoms with E-state index in [0.717, 1.165) is 48.3 Å². The molecule has 1 nitrogen and oxygen atoms in total. The van der Waals surface area contributed by atoms with Gasteiger partial charge in [-0.15, -0.1) is 0 Å². The molecule has 156 valence electrons. The average Bonchev–Trinajstić information content (AvgIpc) is 2.99. The molecule has 2 saturated carbocycles. The van der Waals surface area contributed by atoms with E-state index in [1.807, 2.05) is 6.08 Å². The summed E-state index contributed by atoms with van der Waals surface area (Å²) in [6.07, 6.45) is 18.5. The fourth-order valence-corrected chi connectivity index (χ4v) is 8.02. The molecular weight excluding hydrogens is 340 g/mol. The molecule has 1 heteroatoms. The summed E-state index contributed by atoms with van der Waals surface area (Å²) < 4.78 is 0. The standard InChI is InChI=1S/C27H42O/c1-18(2)7-6-8-19(3)23-11-12-24-22-10-9-20-17-21(28)13-15-26(20,4)25(22)14-16-27(23,24)5/h9-10,17-19,22-25H,6-8,11-16H2,1-5H3/t19-,22+,23-,24+,25?,26+,27-/m1/s1. The maximum atomic E-state index is 12.0. The van der Waals surface area contributed by atoms with Crippen molar-refractivity contribution in [3.05, 3.63) is 23.8 Å². The fraction of sp³-hybridized carbons (Fsp3) is 0.815. The Morgan fingerprint density at radius 2 is 1.82 bits per heavy atom. The van der Waals surface area contributed by atoms with Crippen molar-refractivity contribution in [2.75, 3.05) is 0 Å². The zero-order chi connectivity index (χ0) is 20.1. The minimum Gasteiger partial charge on any atom is -0.295 e. The van der Waals surface area contributed by atoms with Crippen LogP contribution < -0.4 is 0 Å². The van der Waals surface area contributed by atoms with Crippen LogP contribution in [-0.2, 0) is 4.79 Å². The van der Waals surface area contributed by atoms with Crippen molar-refractivity contribution in [2.45, 2.75) is 92.4 Å². The van der Waals surface area contributed by atoms with Gasteiger partial charge in [0.05, 0.1) is 0 Å². The van der Waals surface area contributed by atoms with Crippen LogP contribution in [0.5, 0.6) is 0 Å². The zero-order valence-corrected chi connectivity index (χ0v) is 19.0. The van der Waals surface area contributed by atoms with Crippen LogP contribution in [0.25, 0.3) is 0 Å². The smallest absolute Gasteiger partial charge is 0.156 e. The summed E-state index contributed by atoms with van der Waals surface area (Å²) in [5.74, 6) is 5.32. The highest BCUT2D eigenvalue weighted by atomic mass is 16.1. The Hall–Kier alpha value is -0.850. The van der Waals surface area contributed by atoms with E-state index in [0.29, 0.717) is 11.2 Å². The van der Waals surface area contributed by atoms with E-state index < -0.39 is 0 Å². The molecule has 28 heavy (non-hydrogen) atoms. The molecule has 0 N–H and O–H groups in total. The summed E-state index contributed by atoms with van der Waals surface area (Å²) in [7, 11) is 0. The van der Waals surface area contributed by atoms with Gasteiger partial charge in [0.15, 0.2) is 5.78 Å². The van der Waals surface area contributed by atoms with Gasteiger partial charge in [-0.2, -0.15) is 0 Å². The lowest BCUT2D eigenvalue weighted by molar-refractivity contribution is -0.116. The van der Waals surface area contributed by atoms with E-state index in [4.69, 9.17) is 0 Å². The van der Waals surface area contributed by atoms with E-state index in [1.54, 1.807) is 0 Å². The Labute approximate surface area is 173 Å². The fourth-order valence-electron chi connectivity index (χ4n) is 8.02. The zero-order valence-electron chi connectivity index (χ0n) is 19.0. The molecule has 2 fully saturated rings. The van der Waals surface area contributed by atoms with E-state index in [1.165, 1.54) is 50.5 Å². The van der Waals surface area contributed by atoms with Gasteiger partial charge < -0.3 is 0 Å². The summed E-state index contributed by atoms with van der Waals surface area (Å²) in [5.41, 5.74) is 2.12. The molecule has 0 bridgehead atoms. The van der Waals surface area contributed by atoms with Crippen molar-refractivity contribution in [1.82, 2.24) is 0 Å². The second-order valence-electron chi connectivity index (χ2n) is 11.7. The first-order valence-corrected chi connectivity index (χ1v) is 12.2. The van der Waals surface area contributed by atoms with E-state index >= 15 is 0 Å². The number of allylic oxidation sites excluding steroid dienone is 4. The number of rotatable bonds is 5. The number of carbonyl (C=O) groups excluding carboxylic acids is 1. The Kier molecular flexibility index (Phi) is 5.43. The van der Waals surface area contributed by atoms with Crippen LogP contribution in [-0.4, -0.2) is 5.78 Å². The van der Waals surface area contributed by atoms with E-state index in [9.17, 15) is 4.79 Å². The summed E-state index contributed by atoms with van der Waals surface area (Å²) in [6.45, 7) is 12.4. The molecule has 0 aromatic heterocycles. The topological polar surface area (TPSA) is 17.1 Å². The van der Waals surface area contributed by atoms with Crippen LogP contribution in [0, 0.1) is 46.3 Å². The van der Waals surface area contributed by atoms with Gasteiger partial charge in [0.25, 0.3) is 0 Å². The molecule has 0 spiro atoms. The first kappa shape index (κ1) is 20.4. The maximum Gasteiger partial charge on any atom is 0.156 e. The van der Waals surface area contributed by atoms with Crippen molar-refractivity contribution in [3.8, 4) is 0 Å². The van der Waals surface area contributed by atoms with Crippen LogP contribution >= 0.6 is 0 Å². The Morgan fingerprint density at radius 3 is 2.57 bits per heavy atom. The largest absolute Gasteiger partial charge is 0.295 e. The highest BCUT2D eigenvalue weighted by Crippen LogP contribution is 2.66. The van der Waals surface area contributed by atoms with Crippen molar-refractivity contribution in [2.24, 2.45) is 46.3 Å². The second kappa shape index (κ2) is 7.44. The minimum atomic E-state index is 0.246. The molecule has 4 aliphatic rings. The quantitative estimate of drug-likeness (QED) is 0.485. The van der Waals surface area contributed by atoms with Gasteiger partial charge in [-0.3, -0.25) is 4.79 Å². The van der Waals surface area contributed by atoms with Crippen molar-refractivity contribution < 1.29 is 4.79 Å². The molecule has 0 radical (unpaired) electrons. The molecule has 0 saturated heterocycles. The maximum absolute atomic E-state index is 12.0. The number of fused-ring (bicyclic) bond motifs is 5. The van der Waals surface area contributed by atoms with Gasteiger partial charge in [-0.1, -0.05) is 66.0 Å². The molecule has 1 unspecified atom stereocenters. The van der Waals surface area contributed by atoms with E-state index in [2.05, 4.69) is 46.8 Å². The van der Waals surface area contributed by atoms with Gasteiger partial charge in [0.1, 0.15) is 0 Å². The molecule has 4 aliphatic carbocycles. The average molecular weight is 383 g/mol. The van der Waals surface area contributed by atoms with Crippen LogP contribution in [0.2, 0.25) is 0 Å². The number of ketones is 1. The molecule has 0 aromatic carbocycles. The summed E-state index contributed by atoms with van der Waals surface area (Å²) >= 11 is 0. The minimum absolute atomic E-state index is 0.246. The highest BCUT2D eigenvalue weighted by Gasteiger charge is 2.58. The third-order valence-electron chi connectivity index (χ3n) is 9.72. The molecule has 0 aromatic rings. The van der Waals surface area contributed by atoms with Crippen molar-refractivity contribution in [1.29, 1.82) is 0 Å². The number of carbonyl (C=O) groups is 1. The molecule has 0 amide bonds. The van der Waals surface area contributed by atoms with Gasteiger partial charge in [-0.05, 0) is 90.1 Å². The summed E-state index contributed by atoms with van der Waals surface area (Å²) in [6, 6.07) is 0. The summed E-state index contributed by atoms with van der Waals surface area (Å²) in [5, 5.41) is 0. The SMILES string of the molecule is CC(C)CCC[C@@H](C)[C@H]1CC[C@H]2[C@@H]3C=CC4=CC(=O)CC[C@]4(C)C3CC[C@]12C. The van der Waals surface area contributed by atoms with Gasteiger partial charge in [-0.25, -0.2) is 0 Å². The van der Waals surface area contributed by atoms with Gasteiger partial charge in [0.2, 0.25) is 0 Å². The first-order chi connectivity index (χ1) is 13.3. The molecule has 7 atom stereocenters. The highest BCUT2D eigenvalue weighted by molar-refractivity contribution is 5.92. The van der Waals surface area contributed by atoms with Crippen LogP contribution in [0.15, 0.2) is 23.8 Å². The van der Waals surface area contributed by atoms with Crippen LogP contribution in [0.4, 0.5) is 0 Å². The van der Waals surface area contributed by atoms with Crippen molar-refractivity contribution >= 4 is 5.78 Å². The normalized spacial score (nSPS) is 43.4. The number of hydrogen-bond acceptors (Lipinski definition) is 1. The predicted molar refractivity (Wildman–Crippen MR) is 118 cm³/mol. The summed E-state index contributed by atoms with van der Waals surface area (Å²) in [4.78, 5) is 12.0. The lowest BCUT2D eigenvalue weighted by atomic mass is 9.48. The van der Waals surface area contributed by atoms with E-state index in [-0.39, 0.29) is 5.41 Å². The molecular formula is C27H42O. The Balaban J connectivity index is 1.53. The van der Waals surface area contributed by atoms with Crippen LogP contribution in [0.1, 0.15) is 92.4 Å². The number of hydrogen-bond donors (Lipinski definition) is 0. The van der Waals surface area contributed by atoms with Gasteiger partial charge in [0, 0.05) is 6.42 Å². The molecule has 0 aliphatic heterocycles. The van der Waals surface area contributed by atoms with Gasteiger partial charge >= 0.3 is 0 Å². The first-order valence-electron chi connectivity index (χ1n) is 12.2. The van der Waals surface area contributed by atoms with Crippen molar-refractivity contribution in [3.63, 3.8) is 0 Å². The monoisotopic (exact) mass is 382 g/mol. The lowest BCUT2D eigenvalue weighted by Crippen LogP contribution is -2.49. The lowest BCUT2D eigenvalue weighted by Gasteiger charge is -2.56. The third-order valence-corrected chi connectivity index (χ3v) is 9.72. The Morgan fingerprint density at radius 1 is 1.04 bits per heavy atom.